The van der Waals surface area contributed by atoms with E-state index < -0.39 is 0 Å². The fourth-order valence-electron chi connectivity index (χ4n) is 1.95. The zero-order chi connectivity index (χ0) is 13.2. The van der Waals surface area contributed by atoms with Crippen LogP contribution >= 0.6 is 15.9 Å². The van der Waals surface area contributed by atoms with Crippen molar-refractivity contribution in [3.8, 4) is 0 Å². The second-order valence-electron chi connectivity index (χ2n) is 4.36. The fraction of sp³-hybridized carbons (Fsp3) is 0.143. The Morgan fingerprint density at radius 2 is 1.95 bits per heavy atom. The summed E-state index contributed by atoms with van der Waals surface area (Å²) >= 11 is 3.44. The Labute approximate surface area is 119 Å². The number of aromatic nitrogens is 3. The van der Waals surface area contributed by atoms with E-state index in [-0.39, 0.29) is 6.04 Å². The monoisotopic (exact) mass is 316 g/mol. The average Bonchev–Trinajstić information content (AvgIpc) is 2.87. The molecule has 0 aliphatic carbocycles. The van der Waals surface area contributed by atoms with Gasteiger partial charge in [0, 0.05) is 22.8 Å². The topological polar surface area (TPSA) is 42.2 Å². The van der Waals surface area contributed by atoms with Gasteiger partial charge in [-0.05, 0) is 30.7 Å². The lowest BCUT2D eigenvalue weighted by atomic mass is 10.1. The van der Waals surface area contributed by atoms with Crippen molar-refractivity contribution in [2.45, 2.75) is 13.0 Å². The molecule has 0 amide bonds. The largest absolute Gasteiger partial charge is 0.363 e. The van der Waals surface area contributed by atoms with Crippen LogP contribution in [0.1, 0.15) is 18.5 Å². The summed E-state index contributed by atoms with van der Waals surface area (Å²) in [7, 11) is 0. The average molecular weight is 317 g/mol. The number of hydrogen-bond donors (Lipinski definition) is 1. The van der Waals surface area contributed by atoms with Crippen molar-refractivity contribution in [1.29, 1.82) is 0 Å². The highest BCUT2D eigenvalue weighted by atomic mass is 79.9. The Kier molecular flexibility index (Phi) is 3.21. The van der Waals surface area contributed by atoms with Gasteiger partial charge >= 0.3 is 0 Å². The van der Waals surface area contributed by atoms with Crippen molar-refractivity contribution >= 4 is 27.4 Å². The Hall–Kier alpha value is -1.88. The third-order valence-corrected chi connectivity index (χ3v) is 3.52. The van der Waals surface area contributed by atoms with Crippen LogP contribution < -0.4 is 5.32 Å². The van der Waals surface area contributed by atoms with Crippen molar-refractivity contribution < 1.29 is 0 Å². The lowest BCUT2D eigenvalue weighted by Crippen LogP contribution is -2.08. The van der Waals surface area contributed by atoms with Crippen molar-refractivity contribution in [3.63, 3.8) is 0 Å². The molecule has 4 nitrogen and oxygen atoms in total. The number of fused-ring (bicyclic) bond motifs is 1. The van der Waals surface area contributed by atoms with E-state index in [1.165, 1.54) is 5.56 Å². The van der Waals surface area contributed by atoms with Crippen LogP contribution in [0.3, 0.4) is 0 Å². The van der Waals surface area contributed by atoms with Crippen LogP contribution in [0.25, 0.3) is 5.65 Å². The van der Waals surface area contributed by atoms with Gasteiger partial charge in [-0.25, -0.2) is 9.50 Å². The van der Waals surface area contributed by atoms with Gasteiger partial charge in [-0.15, -0.1) is 0 Å². The third-order valence-electron chi connectivity index (χ3n) is 2.99. The van der Waals surface area contributed by atoms with Gasteiger partial charge in [0.1, 0.15) is 5.82 Å². The summed E-state index contributed by atoms with van der Waals surface area (Å²) in [6.07, 6.45) is 3.64. The molecule has 1 atom stereocenters. The first-order valence-electron chi connectivity index (χ1n) is 6.05. The number of hydrogen-bond acceptors (Lipinski definition) is 3. The van der Waals surface area contributed by atoms with Gasteiger partial charge in [0.2, 0.25) is 0 Å². The van der Waals surface area contributed by atoms with Gasteiger partial charge < -0.3 is 5.32 Å². The predicted octanol–water partition coefficient (Wildman–Crippen LogP) is 3.66. The van der Waals surface area contributed by atoms with E-state index in [9.17, 15) is 0 Å². The highest BCUT2D eigenvalue weighted by molar-refractivity contribution is 9.10. The molecule has 19 heavy (non-hydrogen) atoms. The summed E-state index contributed by atoms with van der Waals surface area (Å²) in [5.41, 5.74) is 2.06. The summed E-state index contributed by atoms with van der Waals surface area (Å²) in [6.45, 7) is 2.12. The van der Waals surface area contributed by atoms with Gasteiger partial charge in [0.25, 0.3) is 0 Å². The number of rotatable bonds is 3. The van der Waals surface area contributed by atoms with E-state index in [1.807, 2.05) is 30.5 Å². The molecule has 1 N–H and O–H groups in total. The van der Waals surface area contributed by atoms with E-state index in [4.69, 9.17) is 0 Å². The van der Waals surface area contributed by atoms with Crippen LogP contribution in [-0.2, 0) is 0 Å². The Morgan fingerprint density at radius 3 is 2.74 bits per heavy atom. The Bertz CT molecular complexity index is 690. The van der Waals surface area contributed by atoms with Crippen LogP contribution in [0.5, 0.6) is 0 Å². The molecule has 0 aliphatic rings. The molecular weight excluding hydrogens is 304 g/mol. The number of benzene rings is 1. The van der Waals surface area contributed by atoms with E-state index in [0.717, 1.165) is 15.9 Å². The molecule has 0 bridgehead atoms. The minimum absolute atomic E-state index is 0.200. The molecule has 96 valence electrons. The summed E-state index contributed by atoms with van der Waals surface area (Å²) in [6, 6.07) is 12.3. The molecule has 0 saturated carbocycles. The zero-order valence-corrected chi connectivity index (χ0v) is 12.0. The maximum atomic E-state index is 4.50. The second kappa shape index (κ2) is 5.01. The molecule has 0 fully saturated rings. The lowest BCUT2D eigenvalue weighted by molar-refractivity contribution is 0.866. The summed E-state index contributed by atoms with van der Waals surface area (Å²) in [5, 5.41) is 7.52. The second-order valence-corrected chi connectivity index (χ2v) is 5.28. The standard InChI is InChI=1S/C14H13BrN4/c1-10(11-2-4-12(15)5-3-11)17-13-7-9-19-14(18-13)6-8-16-19/h2-10H,1H3,(H,17,18). The van der Waals surface area contributed by atoms with Crippen molar-refractivity contribution in [1.82, 2.24) is 14.6 Å². The van der Waals surface area contributed by atoms with Crippen molar-refractivity contribution in [2.24, 2.45) is 0 Å². The van der Waals surface area contributed by atoms with E-state index in [2.05, 4.69) is 50.4 Å². The number of nitrogens with zero attached hydrogens (tertiary/aromatic N) is 3. The van der Waals surface area contributed by atoms with Gasteiger partial charge in [-0.1, -0.05) is 28.1 Å². The smallest absolute Gasteiger partial charge is 0.157 e. The Balaban J connectivity index is 1.81. The zero-order valence-electron chi connectivity index (χ0n) is 10.4. The quantitative estimate of drug-likeness (QED) is 0.801. The SMILES string of the molecule is CC(Nc1ccn2nccc2n1)c1ccc(Br)cc1. The minimum atomic E-state index is 0.200. The third kappa shape index (κ3) is 2.61. The van der Waals surface area contributed by atoms with Crippen LogP contribution in [0.2, 0.25) is 0 Å². The van der Waals surface area contributed by atoms with Gasteiger partial charge in [0.05, 0.1) is 6.20 Å². The minimum Gasteiger partial charge on any atom is -0.363 e. The number of anilines is 1. The number of nitrogens with one attached hydrogen (secondary N) is 1. The van der Waals surface area contributed by atoms with E-state index in [1.54, 1.807) is 10.7 Å². The molecule has 3 aromatic rings. The first kappa shape index (κ1) is 12.2. The van der Waals surface area contributed by atoms with Crippen LogP contribution in [0.4, 0.5) is 5.82 Å². The summed E-state index contributed by atoms with van der Waals surface area (Å²) in [4.78, 5) is 4.50. The van der Waals surface area contributed by atoms with Crippen molar-refractivity contribution in [3.05, 3.63) is 58.8 Å². The first-order chi connectivity index (χ1) is 9.22. The Morgan fingerprint density at radius 1 is 1.16 bits per heavy atom. The van der Waals surface area contributed by atoms with Crippen LogP contribution in [0, 0.1) is 0 Å². The maximum absolute atomic E-state index is 4.50. The first-order valence-corrected chi connectivity index (χ1v) is 6.84. The van der Waals surface area contributed by atoms with Crippen LogP contribution in [0.15, 0.2) is 53.3 Å². The highest BCUT2D eigenvalue weighted by Gasteiger charge is 2.06. The normalized spacial score (nSPS) is 12.5. The summed E-state index contributed by atoms with van der Waals surface area (Å²) < 4.78 is 2.83. The molecular formula is C14H13BrN4. The molecule has 0 radical (unpaired) electrons. The molecule has 1 unspecified atom stereocenters. The summed E-state index contributed by atoms with van der Waals surface area (Å²) in [5.74, 6) is 0.850. The molecule has 0 saturated heterocycles. The highest BCUT2D eigenvalue weighted by Crippen LogP contribution is 2.20. The molecule has 5 heteroatoms. The number of halogens is 1. The van der Waals surface area contributed by atoms with Gasteiger partial charge in [-0.2, -0.15) is 5.10 Å². The molecule has 1 aromatic carbocycles. The van der Waals surface area contributed by atoms with E-state index >= 15 is 0 Å². The molecule has 3 rings (SSSR count). The molecule has 0 spiro atoms. The maximum Gasteiger partial charge on any atom is 0.157 e. The van der Waals surface area contributed by atoms with E-state index in [0.29, 0.717) is 0 Å². The van der Waals surface area contributed by atoms with Crippen molar-refractivity contribution in [2.75, 3.05) is 5.32 Å². The molecule has 2 aromatic heterocycles. The lowest BCUT2D eigenvalue weighted by Gasteiger charge is -2.15. The van der Waals surface area contributed by atoms with Crippen LogP contribution in [-0.4, -0.2) is 14.6 Å². The fourth-order valence-corrected chi connectivity index (χ4v) is 2.21. The molecule has 0 aliphatic heterocycles. The van der Waals surface area contributed by atoms with Gasteiger partial charge in [-0.3, -0.25) is 0 Å². The molecule has 2 heterocycles. The predicted molar refractivity (Wildman–Crippen MR) is 79.2 cm³/mol. The van der Waals surface area contributed by atoms with Gasteiger partial charge in [0.15, 0.2) is 5.65 Å².